The van der Waals surface area contributed by atoms with Crippen LogP contribution < -0.4 is 15.8 Å². The van der Waals surface area contributed by atoms with Crippen LogP contribution in [0, 0.1) is 0 Å². The molecule has 0 spiro atoms. The molecule has 0 saturated carbocycles. The lowest BCUT2D eigenvalue weighted by Crippen LogP contribution is -2.24. The third-order valence-corrected chi connectivity index (χ3v) is 4.17. The number of aliphatic imine (C=N–C) groups is 1. The summed E-state index contributed by atoms with van der Waals surface area (Å²) in [6.07, 6.45) is 0. The van der Waals surface area contributed by atoms with Gasteiger partial charge in [-0.3, -0.25) is 4.90 Å². The van der Waals surface area contributed by atoms with Gasteiger partial charge in [0, 0.05) is 18.3 Å². The second-order valence-corrected chi connectivity index (χ2v) is 5.79. The van der Waals surface area contributed by atoms with E-state index < -0.39 is 0 Å². The number of rotatable bonds is 8. The molecule has 0 heterocycles. The van der Waals surface area contributed by atoms with Crippen molar-refractivity contribution in [2.45, 2.75) is 26.9 Å². The number of nitrogens with zero attached hydrogens (tertiary/aromatic N) is 2. The largest absolute Gasteiger partial charge is 0.497 e. The van der Waals surface area contributed by atoms with Gasteiger partial charge >= 0.3 is 0 Å². The van der Waals surface area contributed by atoms with Gasteiger partial charge in [-0.2, -0.15) is 0 Å². The molecule has 5 heteroatoms. The molecule has 0 fully saturated rings. The summed E-state index contributed by atoms with van der Waals surface area (Å²) in [7, 11) is 1.64. The first-order valence-electron chi connectivity index (χ1n) is 8.66. The van der Waals surface area contributed by atoms with Crippen molar-refractivity contribution in [3.05, 3.63) is 59.7 Å². The monoisotopic (exact) mass is 340 g/mol. The van der Waals surface area contributed by atoms with E-state index in [4.69, 9.17) is 10.5 Å². The van der Waals surface area contributed by atoms with Gasteiger partial charge in [0.1, 0.15) is 5.75 Å². The first-order chi connectivity index (χ1) is 12.2. The van der Waals surface area contributed by atoms with Crippen LogP contribution in [0.5, 0.6) is 5.75 Å². The molecule has 0 bridgehead atoms. The minimum atomic E-state index is 0.394. The standard InChI is InChI=1S/C20H28N4O/c1-4-24(5-2)15-17-10-7-6-9-16(17)14-22-20(21)23-18-11-8-12-19(13-18)25-3/h6-13H,4-5,14-15H2,1-3H3,(H3,21,22,23). The Bertz CT molecular complexity index is 696. The van der Waals surface area contributed by atoms with E-state index in [0.717, 1.165) is 31.1 Å². The lowest BCUT2D eigenvalue weighted by Gasteiger charge is -2.19. The third-order valence-electron chi connectivity index (χ3n) is 4.17. The van der Waals surface area contributed by atoms with Gasteiger partial charge in [-0.05, 0) is 36.3 Å². The predicted octanol–water partition coefficient (Wildman–Crippen LogP) is 3.46. The second kappa shape index (κ2) is 9.69. The molecule has 0 aliphatic heterocycles. The Hall–Kier alpha value is -2.53. The highest BCUT2D eigenvalue weighted by Gasteiger charge is 2.06. The Morgan fingerprint density at radius 1 is 1.08 bits per heavy atom. The van der Waals surface area contributed by atoms with Gasteiger partial charge in [-0.15, -0.1) is 0 Å². The van der Waals surface area contributed by atoms with Crippen LogP contribution in [-0.4, -0.2) is 31.1 Å². The average Bonchev–Trinajstić information content (AvgIpc) is 2.65. The van der Waals surface area contributed by atoms with Gasteiger partial charge in [-0.1, -0.05) is 44.2 Å². The number of anilines is 1. The molecular formula is C20H28N4O. The molecule has 0 radical (unpaired) electrons. The Balaban J connectivity index is 2.05. The van der Waals surface area contributed by atoms with Crippen molar-refractivity contribution < 1.29 is 4.74 Å². The molecule has 0 amide bonds. The van der Waals surface area contributed by atoms with Gasteiger partial charge in [0.15, 0.2) is 5.96 Å². The molecule has 0 unspecified atom stereocenters. The average molecular weight is 340 g/mol. The minimum Gasteiger partial charge on any atom is -0.497 e. The maximum Gasteiger partial charge on any atom is 0.193 e. The second-order valence-electron chi connectivity index (χ2n) is 5.79. The van der Waals surface area contributed by atoms with Gasteiger partial charge in [0.25, 0.3) is 0 Å². The normalized spacial score (nSPS) is 11.6. The van der Waals surface area contributed by atoms with E-state index in [0.29, 0.717) is 12.5 Å². The SMILES string of the molecule is CCN(CC)Cc1ccccc1CN=C(N)Nc1cccc(OC)c1. The zero-order valence-corrected chi connectivity index (χ0v) is 15.3. The Morgan fingerprint density at radius 3 is 2.48 bits per heavy atom. The molecule has 3 N–H and O–H groups in total. The number of nitrogens with one attached hydrogen (secondary N) is 1. The quantitative estimate of drug-likeness (QED) is 0.570. The van der Waals surface area contributed by atoms with Crippen LogP contribution in [0.3, 0.4) is 0 Å². The summed E-state index contributed by atoms with van der Waals surface area (Å²) in [5.41, 5.74) is 9.39. The van der Waals surface area contributed by atoms with Crippen LogP contribution in [-0.2, 0) is 13.1 Å². The van der Waals surface area contributed by atoms with Crippen LogP contribution in [0.2, 0.25) is 0 Å². The van der Waals surface area contributed by atoms with E-state index >= 15 is 0 Å². The molecule has 2 rings (SSSR count). The number of methoxy groups -OCH3 is 1. The van der Waals surface area contributed by atoms with Gasteiger partial charge in [0.05, 0.1) is 13.7 Å². The molecule has 134 valence electrons. The number of ether oxygens (including phenoxy) is 1. The van der Waals surface area contributed by atoms with E-state index in [2.05, 4.69) is 47.3 Å². The Kier molecular flexibility index (Phi) is 7.29. The minimum absolute atomic E-state index is 0.394. The fourth-order valence-corrected chi connectivity index (χ4v) is 2.61. The molecule has 0 atom stereocenters. The summed E-state index contributed by atoms with van der Waals surface area (Å²) in [6.45, 7) is 7.92. The molecule has 5 nitrogen and oxygen atoms in total. The van der Waals surface area contributed by atoms with Crippen LogP contribution in [0.4, 0.5) is 5.69 Å². The maximum absolute atomic E-state index is 6.04. The van der Waals surface area contributed by atoms with Crippen molar-refractivity contribution in [1.82, 2.24) is 4.90 Å². The molecule has 2 aromatic rings. The molecule has 0 aromatic heterocycles. The summed E-state index contributed by atoms with van der Waals surface area (Å²) >= 11 is 0. The predicted molar refractivity (Wildman–Crippen MR) is 105 cm³/mol. The highest BCUT2D eigenvalue weighted by molar-refractivity contribution is 5.92. The lowest BCUT2D eigenvalue weighted by molar-refractivity contribution is 0.295. The summed E-state index contributed by atoms with van der Waals surface area (Å²) < 4.78 is 5.21. The number of hydrogen-bond acceptors (Lipinski definition) is 3. The van der Waals surface area contributed by atoms with E-state index in [-0.39, 0.29) is 0 Å². The summed E-state index contributed by atoms with van der Waals surface area (Å²) in [5.74, 6) is 1.17. The lowest BCUT2D eigenvalue weighted by atomic mass is 10.1. The third kappa shape index (κ3) is 5.80. The number of guanidine groups is 1. The number of benzene rings is 2. The molecule has 0 saturated heterocycles. The maximum atomic E-state index is 6.04. The van der Waals surface area contributed by atoms with Crippen LogP contribution in [0.15, 0.2) is 53.5 Å². The van der Waals surface area contributed by atoms with Crippen LogP contribution in [0.1, 0.15) is 25.0 Å². The number of hydrogen-bond donors (Lipinski definition) is 2. The van der Waals surface area contributed by atoms with E-state index in [1.807, 2.05) is 30.3 Å². The summed E-state index contributed by atoms with van der Waals surface area (Å²) in [4.78, 5) is 6.88. The Morgan fingerprint density at radius 2 is 1.80 bits per heavy atom. The fourth-order valence-electron chi connectivity index (χ4n) is 2.61. The fraction of sp³-hybridized carbons (Fsp3) is 0.350. The van der Waals surface area contributed by atoms with Gasteiger partial charge in [0.2, 0.25) is 0 Å². The van der Waals surface area contributed by atoms with Gasteiger partial charge < -0.3 is 15.8 Å². The zero-order chi connectivity index (χ0) is 18.1. The highest BCUT2D eigenvalue weighted by atomic mass is 16.5. The van der Waals surface area contributed by atoms with Crippen molar-refractivity contribution in [3.63, 3.8) is 0 Å². The first kappa shape index (κ1) is 18.8. The van der Waals surface area contributed by atoms with Crippen molar-refractivity contribution in [1.29, 1.82) is 0 Å². The molecule has 25 heavy (non-hydrogen) atoms. The van der Waals surface area contributed by atoms with E-state index in [1.54, 1.807) is 7.11 Å². The van der Waals surface area contributed by atoms with E-state index in [1.165, 1.54) is 11.1 Å². The van der Waals surface area contributed by atoms with Crippen molar-refractivity contribution in [2.75, 3.05) is 25.5 Å². The summed E-state index contributed by atoms with van der Waals surface area (Å²) in [6, 6.07) is 16.0. The molecule has 0 aliphatic rings. The van der Waals surface area contributed by atoms with Crippen LogP contribution >= 0.6 is 0 Å². The van der Waals surface area contributed by atoms with Crippen molar-refractivity contribution in [3.8, 4) is 5.75 Å². The molecule has 2 aromatic carbocycles. The van der Waals surface area contributed by atoms with E-state index in [9.17, 15) is 0 Å². The topological polar surface area (TPSA) is 62.9 Å². The first-order valence-corrected chi connectivity index (χ1v) is 8.66. The Labute approximate surface area is 150 Å². The summed E-state index contributed by atoms with van der Waals surface area (Å²) in [5, 5.41) is 3.11. The van der Waals surface area contributed by atoms with Crippen LogP contribution in [0.25, 0.3) is 0 Å². The smallest absolute Gasteiger partial charge is 0.193 e. The molecular weight excluding hydrogens is 312 g/mol. The highest BCUT2D eigenvalue weighted by Crippen LogP contribution is 2.17. The van der Waals surface area contributed by atoms with Crippen molar-refractivity contribution >= 4 is 11.6 Å². The molecule has 0 aliphatic carbocycles. The number of nitrogens with two attached hydrogens (primary N) is 1. The zero-order valence-electron chi connectivity index (χ0n) is 15.3. The van der Waals surface area contributed by atoms with Crippen molar-refractivity contribution in [2.24, 2.45) is 10.7 Å². The van der Waals surface area contributed by atoms with Gasteiger partial charge in [-0.25, -0.2) is 4.99 Å².